The highest BCUT2D eigenvalue weighted by molar-refractivity contribution is 5.95. The van der Waals surface area contributed by atoms with Crippen LogP contribution in [0.2, 0.25) is 0 Å². The molecule has 134 valence electrons. The number of halogens is 1. The second-order valence-electron chi connectivity index (χ2n) is 6.63. The Balaban J connectivity index is 1.59. The molecule has 2 fully saturated rings. The molecule has 1 aromatic rings. The first-order valence-electron chi connectivity index (χ1n) is 8.53. The summed E-state index contributed by atoms with van der Waals surface area (Å²) in [5.41, 5.74) is 0.113. The molecule has 25 heavy (non-hydrogen) atoms. The van der Waals surface area contributed by atoms with Crippen LogP contribution in [0, 0.1) is 5.82 Å². The molecule has 3 amide bonds. The number of benzene rings is 1. The van der Waals surface area contributed by atoms with E-state index in [1.807, 2.05) is 0 Å². The monoisotopic (exact) mass is 347 g/mol. The third-order valence-corrected chi connectivity index (χ3v) is 5.10. The quantitative estimate of drug-likeness (QED) is 0.823. The molecule has 0 aromatic heterocycles. The number of likely N-dealkylation sites (tertiary alicyclic amines) is 1. The molecule has 3 rings (SSSR count). The van der Waals surface area contributed by atoms with E-state index in [0.717, 1.165) is 12.0 Å². The van der Waals surface area contributed by atoms with Gasteiger partial charge >= 0.3 is 0 Å². The minimum atomic E-state index is -0.654. The van der Waals surface area contributed by atoms with Crippen molar-refractivity contribution in [2.45, 2.75) is 37.1 Å². The number of nitrogens with one attached hydrogen (secondary N) is 2. The van der Waals surface area contributed by atoms with Gasteiger partial charge in [0.1, 0.15) is 11.9 Å². The van der Waals surface area contributed by atoms with Crippen LogP contribution >= 0.6 is 0 Å². The molecule has 1 heterocycles. The molecule has 1 atom stereocenters. The van der Waals surface area contributed by atoms with E-state index in [-0.39, 0.29) is 30.1 Å². The average molecular weight is 347 g/mol. The van der Waals surface area contributed by atoms with E-state index in [1.54, 1.807) is 19.2 Å². The van der Waals surface area contributed by atoms with Crippen molar-refractivity contribution in [3.63, 3.8) is 0 Å². The topological polar surface area (TPSA) is 78.5 Å². The maximum Gasteiger partial charge on any atom is 0.242 e. The van der Waals surface area contributed by atoms with Crippen LogP contribution < -0.4 is 10.6 Å². The minimum absolute atomic E-state index is 0.130. The van der Waals surface area contributed by atoms with Crippen LogP contribution in [0.1, 0.15) is 31.2 Å². The van der Waals surface area contributed by atoms with Crippen molar-refractivity contribution in [3.05, 3.63) is 35.6 Å². The van der Waals surface area contributed by atoms with Crippen LogP contribution in [-0.4, -0.2) is 48.8 Å². The molecule has 1 saturated carbocycles. The Morgan fingerprint density at radius 1 is 1.24 bits per heavy atom. The van der Waals surface area contributed by atoms with Crippen molar-refractivity contribution in [2.24, 2.45) is 0 Å². The highest BCUT2D eigenvalue weighted by atomic mass is 19.1. The molecule has 1 aliphatic carbocycles. The van der Waals surface area contributed by atoms with Crippen molar-refractivity contribution < 1.29 is 18.8 Å². The van der Waals surface area contributed by atoms with E-state index >= 15 is 0 Å². The largest absolute Gasteiger partial charge is 0.357 e. The molecule has 0 bridgehead atoms. The number of carbonyl (C=O) groups excluding carboxylic acids is 3. The van der Waals surface area contributed by atoms with Crippen LogP contribution in [0.15, 0.2) is 24.3 Å². The Hall–Kier alpha value is -2.44. The highest BCUT2D eigenvalue weighted by Crippen LogP contribution is 2.48. The van der Waals surface area contributed by atoms with Crippen molar-refractivity contribution in [3.8, 4) is 0 Å². The maximum absolute atomic E-state index is 13.1. The summed E-state index contributed by atoms with van der Waals surface area (Å²) in [6.45, 7) is 0.394. The number of amides is 3. The fourth-order valence-corrected chi connectivity index (χ4v) is 3.47. The van der Waals surface area contributed by atoms with Gasteiger partial charge in [-0.3, -0.25) is 14.4 Å². The first-order valence-corrected chi connectivity index (χ1v) is 8.53. The summed E-state index contributed by atoms with van der Waals surface area (Å²) >= 11 is 0. The lowest BCUT2D eigenvalue weighted by Crippen LogP contribution is -2.49. The van der Waals surface area contributed by atoms with Gasteiger partial charge in [0.2, 0.25) is 17.7 Å². The van der Waals surface area contributed by atoms with E-state index < -0.39 is 11.5 Å². The molecule has 0 unspecified atom stereocenters. The summed E-state index contributed by atoms with van der Waals surface area (Å²) in [5, 5.41) is 5.26. The van der Waals surface area contributed by atoms with Gasteiger partial charge in [0.15, 0.2) is 0 Å². The SMILES string of the molecule is CNC(=O)[C@@H]1CCCN1C(=O)CNC(=O)C1(c2ccc(F)cc2)CC1. The maximum atomic E-state index is 13.1. The van der Waals surface area contributed by atoms with Gasteiger partial charge in [0, 0.05) is 13.6 Å². The Morgan fingerprint density at radius 2 is 1.92 bits per heavy atom. The van der Waals surface area contributed by atoms with Crippen LogP contribution in [0.3, 0.4) is 0 Å². The highest BCUT2D eigenvalue weighted by Gasteiger charge is 2.51. The lowest BCUT2D eigenvalue weighted by Gasteiger charge is -2.24. The smallest absolute Gasteiger partial charge is 0.242 e. The molecule has 2 aliphatic rings. The van der Waals surface area contributed by atoms with E-state index in [2.05, 4.69) is 10.6 Å². The van der Waals surface area contributed by atoms with Crippen molar-refractivity contribution >= 4 is 17.7 Å². The lowest BCUT2D eigenvalue weighted by molar-refractivity contribution is -0.138. The second-order valence-corrected chi connectivity index (χ2v) is 6.63. The fourth-order valence-electron chi connectivity index (χ4n) is 3.47. The van der Waals surface area contributed by atoms with Gasteiger partial charge in [-0.25, -0.2) is 4.39 Å². The number of nitrogens with zero attached hydrogens (tertiary/aromatic N) is 1. The lowest BCUT2D eigenvalue weighted by atomic mass is 9.95. The molecule has 0 spiro atoms. The van der Waals surface area contributed by atoms with Gasteiger partial charge in [-0.15, -0.1) is 0 Å². The Morgan fingerprint density at radius 3 is 2.52 bits per heavy atom. The predicted octanol–water partition coefficient (Wildman–Crippen LogP) is 0.710. The normalized spacial score (nSPS) is 20.9. The first-order chi connectivity index (χ1) is 12.0. The Labute approximate surface area is 145 Å². The molecular weight excluding hydrogens is 325 g/mol. The van der Waals surface area contributed by atoms with Gasteiger partial charge in [-0.1, -0.05) is 12.1 Å². The summed E-state index contributed by atoms with van der Waals surface area (Å²) in [5.74, 6) is -0.996. The Kier molecular flexibility index (Phi) is 4.74. The summed E-state index contributed by atoms with van der Waals surface area (Å²) < 4.78 is 13.1. The van der Waals surface area contributed by atoms with Gasteiger partial charge in [0.05, 0.1) is 12.0 Å². The first kappa shape index (κ1) is 17.4. The zero-order chi connectivity index (χ0) is 18.0. The number of carbonyl (C=O) groups is 3. The zero-order valence-electron chi connectivity index (χ0n) is 14.2. The molecule has 6 nitrogen and oxygen atoms in total. The minimum Gasteiger partial charge on any atom is -0.357 e. The zero-order valence-corrected chi connectivity index (χ0v) is 14.2. The predicted molar refractivity (Wildman–Crippen MR) is 89.1 cm³/mol. The molecule has 1 saturated heterocycles. The second kappa shape index (κ2) is 6.82. The molecule has 0 radical (unpaired) electrons. The summed E-state index contributed by atoms with van der Waals surface area (Å²) in [6.07, 6.45) is 2.78. The van der Waals surface area contributed by atoms with Crippen LogP contribution in [0.25, 0.3) is 0 Å². The summed E-state index contributed by atoms with van der Waals surface area (Å²) in [4.78, 5) is 38.3. The number of likely N-dealkylation sites (N-methyl/N-ethyl adjacent to an activating group) is 1. The Bertz CT molecular complexity index is 685. The fraction of sp³-hybridized carbons (Fsp3) is 0.500. The standard InChI is InChI=1S/C18H22FN3O3/c1-20-16(24)14-3-2-10-22(14)15(23)11-21-17(25)18(8-9-18)12-4-6-13(19)7-5-12/h4-7,14H,2-3,8-11H2,1H3,(H,20,24)(H,21,25)/t14-/m0/s1. The average Bonchev–Trinajstić information content (AvgIpc) is 3.28. The molecule has 2 N–H and O–H groups in total. The van der Waals surface area contributed by atoms with E-state index in [9.17, 15) is 18.8 Å². The number of hydrogen-bond acceptors (Lipinski definition) is 3. The summed E-state index contributed by atoms with van der Waals surface area (Å²) in [6, 6.07) is 5.46. The van der Waals surface area contributed by atoms with E-state index in [1.165, 1.54) is 17.0 Å². The third kappa shape index (κ3) is 3.36. The van der Waals surface area contributed by atoms with Crippen LogP contribution in [-0.2, 0) is 19.8 Å². The van der Waals surface area contributed by atoms with E-state index in [0.29, 0.717) is 25.8 Å². The van der Waals surface area contributed by atoms with Gasteiger partial charge < -0.3 is 15.5 Å². The van der Waals surface area contributed by atoms with E-state index in [4.69, 9.17) is 0 Å². The third-order valence-electron chi connectivity index (χ3n) is 5.10. The summed E-state index contributed by atoms with van der Waals surface area (Å²) in [7, 11) is 1.55. The van der Waals surface area contributed by atoms with Gasteiger partial charge in [-0.2, -0.15) is 0 Å². The van der Waals surface area contributed by atoms with Gasteiger partial charge in [-0.05, 0) is 43.4 Å². The molecule has 1 aromatic carbocycles. The van der Waals surface area contributed by atoms with Crippen molar-refractivity contribution in [1.82, 2.24) is 15.5 Å². The molecule has 1 aliphatic heterocycles. The number of rotatable bonds is 5. The van der Waals surface area contributed by atoms with Crippen LogP contribution in [0.4, 0.5) is 4.39 Å². The number of hydrogen-bond donors (Lipinski definition) is 2. The van der Waals surface area contributed by atoms with Gasteiger partial charge in [0.25, 0.3) is 0 Å². The van der Waals surface area contributed by atoms with Crippen LogP contribution in [0.5, 0.6) is 0 Å². The molecular formula is C18H22FN3O3. The van der Waals surface area contributed by atoms with Crippen molar-refractivity contribution in [1.29, 1.82) is 0 Å². The van der Waals surface area contributed by atoms with Crippen molar-refractivity contribution in [2.75, 3.05) is 20.1 Å². The molecule has 7 heteroatoms.